The molecule has 0 saturated carbocycles. The van der Waals surface area contributed by atoms with E-state index < -0.39 is 18.0 Å². The van der Waals surface area contributed by atoms with Crippen molar-refractivity contribution in [1.82, 2.24) is 4.90 Å². The van der Waals surface area contributed by atoms with Crippen LogP contribution in [0.3, 0.4) is 0 Å². The van der Waals surface area contributed by atoms with Gasteiger partial charge in [0, 0.05) is 18.5 Å². The number of piperidine rings is 1. The molecule has 2 aliphatic rings. The summed E-state index contributed by atoms with van der Waals surface area (Å²) in [5, 5.41) is 17.6. The normalized spacial score (nSPS) is 30.1. The second kappa shape index (κ2) is 5.78. The molecule has 2 bridgehead atoms. The fourth-order valence-corrected chi connectivity index (χ4v) is 3.53. The largest absolute Gasteiger partial charge is 0.481 e. The number of nitrogens with two attached hydrogens (primary N) is 1. The van der Waals surface area contributed by atoms with Crippen LogP contribution < -0.4 is 5.73 Å². The van der Waals surface area contributed by atoms with E-state index in [-0.39, 0.29) is 36.8 Å². The van der Waals surface area contributed by atoms with Gasteiger partial charge in [-0.1, -0.05) is 0 Å². The first kappa shape index (κ1) is 14.8. The Morgan fingerprint density at radius 3 is 2.10 bits per heavy atom. The summed E-state index contributed by atoms with van der Waals surface area (Å²) in [4.78, 5) is 35.4. The molecule has 1 amide bonds. The first-order valence-electron chi connectivity index (χ1n) is 6.89. The Kier molecular flexibility index (Phi) is 4.27. The average molecular weight is 284 g/mol. The Bertz CT molecular complexity index is 411. The average Bonchev–Trinajstić information content (AvgIpc) is 2.58. The highest BCUT2D eigenvalue weighted by atomic mass is 16.4. The number of hydrogen-bond donors (Lipinski definition) is 3. The van der Waals surface area contributed by atoms with Gasteiger partial charge in [0.25, 0.3) is 0 Å². The number of hydrogen-bond acceptors (Lipinski definition) is 4. The van der Waals surface area contributed by atoms with E-state index in [1.54, 1.807) is 4.90 Å². The lowest BCUT2D eigenvalue weighted by Gasteiger charge is -2.39. The topological polar surface area (TPSA) is 121 Å². The van der Waals surface area contributed by atoms with E-state index in [1.807, 2.05) is 0 Å². The van der Waals surface area contributed by atoms with Crippen LogP contribution in [-0.2, 0) is 14.4 Å². The van der Waals surface area contributed by atoms with Crippen molar-refractivity contribution in [3.05, 3.63) is 0 Å². The SMILES string of the molecule is NC(CC(=O)O)C(=O)N1C2CCC1CC(CC(=O)O)C2. The van der Waals surface area contributed by atoms with Gasteiger partial charge >= 0.3 is 11.9 Å². The molecule has 0 spiro atoms. The van der Waals surface area contributed by atoms with E-state index in [9.17, 15) is 14.4 Å². The van der Waals surface area contributed by atoms with E-state index >= 15 is 0 Å². The van der Waals surface area contributed by atoms with Crippen molar-refractivity contribution >= 4 is 17.8 Å². The molecule has 0 aromatic carbocycles. The molecule has 3 unspecified atom stereocenters. The number of aliphatic carboxylic acids is 2. The Morgan fingerprint density at radius 2 is 1.65 bits per heavy atom. The lowest BCUT2D eigenvalue weighted by Crippen LogP contribution is -2.53. The predicted octanol–water partition coefficient (Wildman–Crippen LogP) is 0.0327. The van der Waals surface area contributed by atoms with Gasteiger partial charge in [-0.2, -0.15) is 0 Å². The van der Waals surface area contributed by atoms with Crippen molar-refractivity contribution < 1.29 is 24.6 Å². The zero-order valence-corrected chi connectivity index (χ0v) is 11.2. The van der Waals surface area contributed by atoms with Crippen LogP contribution in [-0.4, -0.2) is 51.1 Å². The number of fused-ring (bicyclic) bond motifs is 2. The smallest absolute Gasteiger partial charge is 0.305 e. The summed E-state index contributed by atoms with van der Waals surface area (Å²) in [6.07, 6.45) is 2.82. The van der Waals surface area contributed by atoms with Crippen molar-refractivity contribution in [3.8, 4) is 0 Å². The van der Waals surface area contributed by atoms with Crippen molar-refractivity contribution in [2.24, 2.45) is 11.7 Å². The van der Waals surface area contributed by atoms with Crippen LogP contribution in [0, 0.1) is 5.92 Å². The van der Waals surface area contributed by atoms with E-state index in [4.69, 9.17) is 15.9 Å². The number of carbonyl (C=O) groups is 3. The molecular weight excluding hydrogens is 264 g/mol. The van der Waals surface area contributed by atoms with Crippen LogP contribution in [0.4, 0.5) is 0 Å². The summed E-state index contributed by atoms with van der Waals surface area (Å²) in [6.45, 7) is 0. The number of carbonyl (C=O) groups excluding carboxylic acids is 1. The van der Waals surface area contributed by atoms with Crippen LogP contribution in [0.15, 0.2) is 0 Å². The van der Waals surface area contributed by atoms with E-state index in [2.05, 4.69) is 0 Å². The van der Waals surface area contributed by atoms with Gasteiger partial charge in [-0.15, -0.1) is 0 Å². The van der Waals surface area contributed by atoms with Crippen molar-refractivity contribution in [1.29, 1.82) is 0 Å². The first-order chi connectivity index (χ1) is 9.38. The molecule has 3 atom stereocenters. The minimum Gasteiger partial charge on any atom is -0.481 e. The summed E-state index contributed by atoms with van der Waals surface area (Å²) in [6, 6.07) is -0.970. The molecule has 7 nitrogen and oxygen atoms in total. The number of carboxylic acids is 2. The molecule has 7 heteroatoms. The molecular formula is C13H20N2O5. The number of amides is 1. The molecule has 2 heterocycles. The van der Waals surface area contributed by atoms with Crippen molar-refractivity contribution in [2.75, 3.05) is 0 Å². The van der Waals surface area contributed by atoms with Gasteiger partial charge in [-0.3, -0.25) is 14.4 Å². The highest BCUT2D eigenvalue weighted by Crippen LogP contribution is 2.40. The predicted molar refractivity (Wildman–Crippen MR) is 68.9 cm³/mol. The lowest BCUT2D eigenvalue weighted by atomic mass is 9.87. The molecule has 0 aromatic heterocycles. The van der Waals surface area contributed by atoms with Gasteiger partial charge in [0.2, 0.25) is 5.91 Å². The lowest BCUT2D eigenvalue weighted by molar-refractivity contribution is -0.145. The first-order valence-corrected chi connectivity index (χ1v) is 6.89. The van der Waals surface area contributed by atoms with Crippen LogP contribution in [0.25, 0.3) is 0 Å². The molecule has 2 rings (SSSR count). The third-order valence-corrected chi connectivity index (χ3v) is 4.26. The summed E-state index contributed by atoms with van der Waals surface area (Å²) in [7, 11) is 0. The maximum absolute atomic E-state index is 12.2. The second-order valence-electron chi connectivity index (χ2n) is 5.77. The van der Waals surface area contributed by atoms with Gasteiger partial charge in [0.1, 0.15) is 0 Å². The highest BCUT2D eigenvalue weighted by molar-refractivity contribution is 5.86. The maximum Gasteiger partial charge on any atom is 0.305 e. The number of carboxylic acid groups (broad SMARTS) is 2. The van der Waals surface area contributed by atoms with Gasteiger partial charge in [-0.05, 0) is 31.6 Å². The molecule has 112 valence electrons. The molecule has 2 saturated heterocycles. The Balaban J connectivity index is 2.00. The zero-order chi connectivity index (χ0) is 14.9. The van der Waals surface area contributed by atoms with Crippen molar-refractivity contribution in [3.63, 3.8) is 0 Å². The quantitative estimate of drug-likeness (QED) is 0.655. The van der Waals surface area contributed by atoms with Gasteiger partial charge in [0.15, 0.2) is 0 Å². The summed E-state index contributed by atoms with van der Waals surface area (Å²) >= 11 is 0. The van der Waals surface area contributed by atoms with Gasteiger partial charge in [0.05, 0.1) is 12.5 Å². The third kappa shape index (κ3) is 3.09. The standard InChI is InChI=1S/C13H20N2O5/c14-10(6-12(18)19)13(20)15-8-1-2-9(15)4-7(3-8)5-11(16)17/h7-10H,1-6,14H2,(H,16,17)(H,18,19). The van der Waals surface area contributed by atoms with Crippen LogP contribution in [0.5, 0.6) is 0 Å². The van der Waals surface area contributed by atoms with Crippen LogP contribution in [0.1, 0.15) is 38.5 Å². The second-order valence-corrected chi connectivity index (χ2v) is 5.77. The monoisotopic (exact) mass is 284 g/mol. The summed E-state index contributed by atoms with van der Waals surface area (Å²) in [5.74, 6) is -2.10. The zero-order valence-electron chi connectivity index (χ0n) is 11.2. The fourth-order valence-electron chi connectivity index (χ4n) is 3.53. The molecule has 4 N–H and O–H groups in total. The molecule has 20 heavy (non-hydrogen) atoms. The minimum absolute atomic E-state index is 0.0189. The van der Waals surface area contributed by atoms with E-state index in [0.717, 1.165) is 12.8 Å². The fraction of sp³-hybridized carbons (Fsp3) is 0.769. The summed E-state index contributed by atoms with van der Waals surface area (Å²) < 4.78 is 0. The number of nitrogens with zero attached hydrogens (tertiary/aromatic N) is 1. The van der Waals surface area contributed by atoms with Crippen LogP contribution in [0.2, 0.25) is 0 Å². The van der Waals surface area contributed by atoms with Crippen LogP contribution >= 0.6 is 0 Å². The molecule has 0 aromatic rings. The minimum atomic E-state index is -1.08. The Hall–Kier alpha value is -1.63. The maximum atomic E-state index is 12.2. The van der Waals surface area contributed by atoms with Gasteiger partial charge < -0.3 is 20.8 Å². The van der Waals surface area contributed by atoms with E-state index in [1.165, 1.54) is 0 Å². The van der Waals surface area contributed by atoms with Crippen molar-refractivity contribution in [2.45, 2.75) is 56.7 Å². The summed E-state index contributed by atoms with van der Waals surface area (Å²) in [5.41, 5.74) is 5.65. The molecule has 0 radical (unpaired) electrons. The molecule has 0 aliphatic carbocycles. The third-order valence-electron chi connectivity index (χ3n) is 4.26. The number of rotatable bonds is 5. The molecule has 2 fully saturated rings. The molecule has 2 aliphatic heterocycles. The van der Waals surface area contributed by atoms with E-state index in [0.29, 0.717) is 12.8 Å². The Labute approximate surface area is 116 Å². The highest BCUT2D eigenvalue weighted by Gasteiger charge is 2.44. The Morgan fingerprint density at radius 1 is 1.10 bits per heavy atom. The van der Waals surface area contributed by atoms with Gasteiger partial charge in [-0.25, -0.2) is 0 Å².